The van der Waals surface area contributed by atoms with E-state index < -0.39 is 11.6 Å². The third-order valence-electron chi connectivity index (χ3n) is 4.52. The molecule has 4 nitrogen and oxygen atoms in total. The summed E-state index contributed by atoms with van der Waals surface area (Å²) in [6.45, 7) is 0.592. The number of nitrogens with zero attached hydrogens (tertiary/aromatic N) is 1. The topological polar surface area (TPSA) is 46.6 Å². The smallest absolute Gasteiger partial charge is 0.260 e. The highest BCUT2D eigenvalue weighted by Gasteiger charge is 2.28. The number of ketones is 1. The first-order valence-corrected chi connectivity index (χ1v) is 8.49. The molecule has 1 heterocycles. The molecule has 0 aliphatic carbocycles. The van der Waals surface area contributed by atoms with Crippen molar-refractivity contribution in [3.8, 4) is 5.75 Å². The van der Waals surface area contributed by atoms with Crippen LogP contribution in [0.3, 0.4) is 0 Å². The van der Waals surface area contributed by atoms with Crippen LogP contribution in [-0.4, -0.2) is 36.3 Å². The number of piperidine rings is 1. The van der Waals surface area contributed by atoms with Crippen LogP contribution in [0, 0.1) is 17.6 Å². The summed E-state index contributed by atoms with van der Waals surface area (Å²) in [6, 6.07) is 12.1. The minimum absolute atomic E-state index is 0.0994. The maximum Gasteiger partial charge on any atom is 0.260 e. The van der Waals surface area contributed by atoms with Gasteiger partial charge in [-0.1, -0.05) is 30.3 Å². The van der Waals surface area contributed by atoms with Gasteiger partial charge in [0, 0.05) is 30.6 Å². The van der Waals surface area contributed by atoms with Gasteiger partial charge in [0.1, 0.15) is 5.82 Å². The summed E-state index contributed by atoms with van der Waals surface area (Å²) in [5.41, 5.74) is 0.687. The van der Waals surface area contributed by atoms with Crippen molar-refractivity contribution in [2.45, 2.75) is 12.8 Å². The summed E-state index contributed by atoms with van der Waals surface area (Å²) in [5.74, 6) is -1.98. The monoisotopic (exact) mass is 359 g/mol. The van der Waals surface area contributed by atoms with E-state index in [2.05, 4.69) is 0 Å². The van der Waals surface area contributed by atoms with Gasteiger partial charge < -0.3 is 9.64 Å². The molecule has 136 valence electrons. The molecule has 1 aliphatic heterocycles. The summed E-state index contributed by atoms with van der Waals surface area (Å²) in [4.78, 5) is 26.3. The number of hydrogen-bond acceptors (Lipinski definition) is 3. The summed E-state index contributed by atoms with van der Waals surface area (Å²) in [6.07, 6.45) is 1.18. The Hall–Kier alpha value is -2.76. The molecular formula is C20H19F2NO3. The second kappa shape index (κ2) is 8.08. The van der Waals surface area contributed by atoms with Crippen molar-refractivity contribution in [1.29, 1.82) is 0 Å². The van der Waals surface area contributed by atoms with Crippen LogP contribution in [0.1, 0.15) is 23.2 Å². The van der Waals surface area contributed by atoms with Gasteiger partial charge in [0.2, 0.25) is 0 Å². The van der Waals surface area contributed by atoms with Crippen molar-refractivity contribution in [2.24, 2.45) is 5.92 Å². The van der Waals surface area contributed by atoms with E-state index in [1.54, 1.807) is 17.0 Å². The van der Waals surface area contributed by atoms with Gasteiger partial charge in [-0.05, 0) is 25.0 Å². The summed E-state index contributed by atoms with van der Waals surface area (Å²) in [7, 11) is 0. The zero-order valence-corrected chi connectivity index (χ0v) is 14.2. The maximum absolute atomic E-state index is 13.5. The molecule has 0 unspecified atom stereocenters. The standard InChI is InChI=1S/C20H19F2NO3/c21-16-6-7-18(17(22)12-16)26-13-19(24)23-10-8-15(9-11-23)20(25)14-4-2-1-3-5-14/h1-7,12,15H,8-11,13H2. The quantitative estimate of drug-likeness (QED) is 0.768. The SMILES string of the molecule is O=C(c1ccccc1)C1CCN(C(=O)COc2ccc(F)cc2F)CC1. The lowest BCUT2D eigenvalue weighted by atomic mass is 9.89. The van der Waals surface area contributed by atoms with Crippen LogP contribution in [-0.2, 0) is 4.79 Å². The molecule has 26 heavy (non-hydrogen) atoms. The fourth-order valence-corrected chi connectivity index (χ4v) is 3.05. The van der Waals surface area contributed by atoms with E-state index in [9.17, 15) is 18.4 Å². The molecule has 1 amide bonds. The van der Waals surface area contributed by atoms with Crippen LogP contribution < -0.4 is 4.74 Å². The van der Waals surface area contributed by atoms with Gasteiger partial charge in [-0.15, -0.1) is 0 Å². The van der Waals surface area contributed by atoms with Gasteiger partial charge >= 0.3 is 0 Å². The predicted octanol–water partition coefficient (Wildman–Crippen LogP) is 3.47. The van der Waals surface area contributed by atoms with Crippen molar-refractivity contribution in [2.75, 3.05) is 19.7 Å². The Morgan fingerprint density at radius 1 is 1.04 bits per heavy atom. The van der Waals surface area contributed by atoms with E-state index in [1.807, 2.05) is 18.2 Å². The molecule has 6 heteroatoms. The lowest BCUT2D eigenvalue weighted by molar-refractivity contribution is -0.134. The Kier molecular flexibility index (Phi) is 5.61. The molecule has 0 spiro atoms. The number of benzene rings is 2. The van der Waals surface area contributed by atoms with Gasteiger partial charge in [-0.25, -0.2) is 8.78 Å². The minimum Gasteiger partial charge on any atom is -0.481 e. The van der Waals surface area contributed by atoms with E-state index in [1.165, 1.54) is 0 Å². The molecule has 3 rings (SSSR count). The Balaban J connectivity index is 1.50. The number of carbonyl (C=O) groups excluding carboxylic acids is 2. The van der Waals surface area contributed by atoms with Crippen molar-refractivity contribution in [3.05, 3.63) is 65.7 Å². The first kappa shape index (κ1) is 18.0. The van der Waals surface area contributed by atoms with Gasteiger partial charge in [-0.2, -0.15) is 0 Å². The Labute approximate surface area is 150 Å². The second-order valence-corrected chi connectivity index (χ2v) is 6.25. The van der Waals surface area contributed by atoms with Gasteiger partial charge in [0.15, 0.2) is 24.0 Å². The number of rotatable bonds is 5. The zero-order valence-electron chi connectivity index (χ0n) is 14.2. The van der Waals surface area contributed by atoms with E-state index >= 15 is 0 Å². The summed E-state index contributed by atoms with van der Waals surface area (Å²) >= 11 is 0. The zero-order chi connectivity index (χ0) is 18.5. The molecule has 0 radical (unpaired) electrons. The molecule has 0 atom stereocenters. The van der Waals surface area contributed by atoms with Crippen molar-refractivity contribution < 1.29 is 23.1 Å². The van der Waals surface area contributed by atoms with Crippen LogP contribution in [0.25, 0.3) is 0 Å². The van der Waals surface area contributed by atoms with Crippen LogP contribution in [0.15, 0.2) is 48.5 Å². The fraction of sp³-hybridized carbons (Fsp3) is 0.300. The number of halogens is 2. The molecule has 0 bridgehead atoms. The first-order chi connectivity index (χ1) is 12.5. The van der Waals surface area contributed by atoms with E-state index in [0.29, 0.717) is 37.6 Å². The van der Waals surface area contributed by atoms with Crippen molar-refractivity contribution >= 4 is 11.7 Å². The second-order valence-electron chi connectivity index (χ2n) is 6.25. The van der Waals surface area contributed by atoms with Gasteiger partial charge in [0.05, 0.1) is 0 Å². The minimum atomic E-state index is -0.843. The summed E-state index contributed by atoms with van der Waals surface area (Å²) in [5, 5.41) is 0. The Morgan fingerprint density at radius 2 is 1.73 bits per heavy atom. The van der Waals surface area contributed by atoms with E-state index in [0.717, 1.165) is 12.1 Å². The van der Waals surface area contributed by atoms with E-state index in [4.69, 9.17) is 4.74 Å². The van der Waals surface area contributed by atoms with Gasteiger partial charge in [0.25, 0.3) is 5.91 Å². The Bertz CT molecular complexity index is 787. The predicted molar refractivity (Wildman–Crippen MR) is 91.9 cm³/mol. The number of amides is 1. The average molecular weight is 359 g/mol. The number of ether oxygens (including phenoxy) is 1. The third-order valence-corrected chi connectivity index (χ3v) is 4.52. The first-order valence-electron chi connectivity index (χ1n) is 8.49. The molecule has 1 fully saturated rings. The molecule has 1 saturated heterocycles. The molecule has 0 N–H and O–H groups in total. The van der Waals surface area contributed by atoms with Crippen LogP contribution in [0.2, 0.25) is 0 Å². The van der Waals surface area contributed by atoms with E-state index in [-0.39, 0.29) is 30.0 Å². The molecule has 2 aromatic carbocycles. The highest BCUT2D eigenvalue weighted by atomic mass is 19.1. The number of likely N-dealkylation sites (tertiary alicyclic amines) is 1. The Morgan fingerprint density at radius 3 is 2.38 bits per heavy atom. The molecule has 2 aromatic rings. The molecule has 0 saturated carbocycles. The lowest BCUT2D eigenvalue weighted by Crippen LogP contribution is -2.42. The number of carbonyl (C=O) groups is 2. The van der Waals surface area contributed by atoms with Crippen molar-refractivity contribution in [3.63, 3.8) is 0 Å². The summed E-state index contributed by atoms with van der Waals surface area (Å²) < 4.78 is 31.5. The van der Waals surface area contributed by atoms with Crippen LogP contribution >= 0.6 is 0 Å². The maximum atomic E-state index is 13.5. The third kappa shape index (κ3) is 4.25. The highest BCUT2D eigenvalue weighted by molar-refractivity contribution is 5.98. The largest absolute Gasteiger partial charge is 0.481 e. The molecular weight excluding hydrogens is 340 g/mol. The van der Waals surface area contributed by atoms with Crippen molar-refractivity contribution in [1.82, 2.24) is 4.90 Å². The lowest BCUT2D eigenvalue weighted by Gasteiger charge is -2.31. The average Bonchev–Trinajstić information content (AvgIpc) is 2.67. The fourth-order valence-electron chi connectivity index (χ4n) is 3.05. The highest BCUT2D eigenvalue weighted by Crippen LogP contribution is 2.22. The normalized spacial score (nSPS) is 14.9. The molecule has 1 aliphatic rings. The number of Topliss-reactive ketones (excluding diaryl/α,β-unsaturated/α-hetero) is 1. The van der Waals surface area contributed by atoms with Gasteiger partial charge in [-0.3, -0.25) is 9.59 Å². The number of hydrogen-bond donors (Lipinski definition) is 0. The van der Waals surface area contributed by atoms with Crippen LogP contribution in [0.4, 0.5) is 8.78 Å². The van der Waals surface area contributed by atoms with Crippen LogP contribution in [0.5, 0.6) is 5.75 Å². The molecule has 0 aromatic heterocycles.